The number of halogens is 2. The van der Waals surface area contributed by atoms with Crippen LogP contribution in [0.4, 0.5) is 9.59 Å². The normalized spacial score (nSPS) is 27.4. The van der Waals surface area contributed by atoms with Crippen molar-refractivity contribution in [3.63, 3.8) is 0 Å². The minimum atomic E-state index is -2.41. The third kappa shape index (κ3) is 20.1. The number of carbonyl (C=O) groups is 10. The molecule has 5 fully saturated rings. The van der Waals surface area contributed by atoms with Crippen LogP contribution in [0, 0.1) is 29.6 Å². The van der Waals surface area contributed by atoms with Crippen molar-refractivity contribution >= 4 is 82.6 Å². The number of unbranched alkanes of at least 4 members (excludes halogenated alkanes) is 5. The summed E-state index contributed by atoms with van der Waals surface area (Å²) in [6.45, 7) is 9.42. The van der Waals surface area contributed by atoms with Crippen LogP contribution in [-0.4, -0.2) is 197 Å². The average Bonchev–Trinajstić information content (AvgIpc) is 0.759. The Kier molecular flexibility index (Phi) is 27.5. The number of rotatable bonds is 19. The van der Waals surface area contributed by atoms with Crippen LogP contribution < -0.4 is 62.1 Å². The molecule has 0 aromatic heterocycles. The maximum absolute atomic E-state index is 16.5. The number of urea groups is 1. The van der Waals surface area contributed by atoms with Gasteiger partial charge in [-0.25, -0.2) is 9.59 Å². The molecule has 0 spiro atoms. The molecular formula is C83H102Cl2N10O24. The molecule has 5 aromatic rings. The molecule has 642 valence electrons. The lowest BCUT2D eigenvalue weighted by molar-refractivity contribution is -0.277. The number of hydrogen-bond donors (Lipinski definition) is 18. The van der Waals surface area contributed by atoms with Crippen LogP contribution in [-0.2, 0) is 47.8 Å². The van der Waals surface area contributed by atoms with Gasteiger partial charge in [-0.2, -0.15) is 0 Å². The number of fused-ring (bicyclic) bond motifs is 15. The van der Waals surface area contributed by atoms with Crippen molar-refractivity contribution in [2.75, 3.05) is 20.2 Å². The van der Waals surface area contributed by atoms with Crippen molar-refractivity contribution in [2.24, 2.45) is 29.6 Å². The molecule has 15 rings (SSSR count). The molecule has 5 aromatic carbocycles. The second-order valence-electron chi connectivity index (χ2n) is 33.2. The van der Waals surface area contributed by atoms with E-state index >= 15 is 28.8 Å². The Labute approximate surface area is 695 Å². The van der Waals surface area contributed by atoms with Crippen LogP contribution in [0.2, 0.25) is 10.0 Å². The molecule has 11 amide bonds. The van der Waals surface area contributed by atoms with E-state index < -0.39 is 213 Å². The van der Waals surface area contributed by atoms with Crippen LogP contribution in [0.25, 0.3) is 11.1 Å². The van der Waals surface area contributed by atoms with E-state index in [-0.39, 0.29) is 81.6 Å². The fraction of sp³-hybridized carbons (Fsp3) is 0.518. The van der Waals surface area contributed by atoms with Gasteiger partial charge in [0, 0.05) is 36.8 Å². The van der Waals surface area contributed by atoms with Gasteiger partial charge in [0.1, 0.15) is 113 Å². The fourth-order valence-corrected chi connectivity index (χ4v) is 17.4. The number of likely N-dealkylation sites (N-methyl/N-ethyl adjacent to an activating group) is 1. The van der Waals surface area contributed by atoms with Crippen molar-refractivity contribution in [3.05, 3.63) is 117 Å². The van der Waals surface area contributed by atoms with E-state index in [4.69, 9.17) is 46.9 Å². The third-order valence-electron chi connectivity index (χ3n) is 22.8. The average molecular weight is 1690 g/mol. The number of amides is 11. The number of imide groups is 1. The molecular weight excluding hydrogens is 1590 g/mol. The number of ether oxygens (including phenoxy) is 5. The van der Waals surface area contributed by atoms with Gasteiger partial charge in [-0.05, 0) is 178 Å². The van der Waals surface area contributed by atoms with Crippen molar-refractivity contribution in [2.45, 2.75) is 222 Å². The molecule has 36 heteroatoms. The number of nitrogens with one attached hydrogen (secondary N) is 9. The molecule has 0 radical (unpaired) electrons. The van der Waals surface area contributed by atoms with Gasteiger partial charge in [0.2, 0.25) is 59.3 Å². The summed E-state index contributed by atoms with van der Waals surface area (Å²) >= 11 is 14.3. The molecule has 14 atom stereocenters. The maximum atomic E-state index is 16.5. The Morgan fingerprint density at radius 3 is 1.84 bits per heavy atom. The predicted molar refractivity (Wildman–Crippen MR) is 425 cm³/mol. The molecule has 34 nitrogen and oxygen atoms in total. The summed E-state index contributed by atoms with van der Waals surface area (Å²) in [5, 5.41) is 128. The van der Waals surface area contributed by atoms with Gasteiger partial charge in [-0.3, -0.25) is 48.6 Å². The van der Waals surface area contributed by atoms with E-state index in [2.05, 4.69) is 54.8 Å². The summed E-state index contributed by atoms with van der Waals surface area (Å²) in [7, 11) is 1.27. The molecule has 1 saturated heterocycles. The first-order valence-electron chi connectivity index (χ1n) is 40.0. The Hall–Kier alpha value is -10.3. The number of nitrogens with zero attached hydrogens (tertiary/aromatic N) is 1. The van der Waals surface area contributed by atoms with Crippen LogP contribution >= 0.6 is 23.2 Å². The van der Waals surface area contributed by atoms with Gasteiger partial charge < -0.3 is 112 Å². The highest BCUT2D eigenvalue weighted by atomic mass is 35.5. The second-order valence-corrected chi connectivity index (χ2v) is 34.0. The summed E-state index contributed by atoms with van der Waals surface area (Å²) in [4.78, 5) is 153. The number of aromatic hydroxyl groups is 3. The number of phenolic OH excluding ortho intramolecular Hbond substituents is 3. The molecule has 119 heavy (non-hydrogen) atoms. The highest BCUT2D eigenvalue weighted by Crippen LogP contribution is 2.55. The zero-order valence-electron chi connectivity index (χ0n) is 66.5. The summed E-state index contributed by atoms with van der Waals surface area (Å²) < 4.78 is 31.1. The van der Waals surface area contributed by atoms with Crippen molar-refractivity contribution < 1.29 is 118 Å². The smallest absolute Gasteiger partial charge is 0.410 e. The Morgan fingerprint density at radius 2 is 1.23 bits per heavy atom. The SMILES string of the molecule is CCCCCCCCNC(=O)NC(=O)C[C@@H]1NC(=O)[C@H](NC(=O)[C@@H](CC(C)C)N(C)C(=O)OC(C)(C)C)[C@H](O)c2ccc(c(Cl)c2)Oc2cc3cc(c2OC2OC(CO)C(O)C(O)C2O)Oc2ccc(cc2Cl)[C@@H](O)[C@@H]2NC(=O)[C@H](NC(=O)[C@@H]3NC1=O)c1ccc(O)c(c1)-c1c(O)cc(O)cc1[C@@H](C(=O)NC1C3CC4CC(C3)CC1C4)NC2=O. The topological polar surface area (TPSA) is 510 Å². The molecule has 4 aliphatic carbocycles. The number of carbonyl (C=O) groups excluding carboxylic acids is 10. The Balaban J connectivity index is 1.04. The number of aliphatic hydroxyl groups excluding tert-OH is 6. The minimum Gasteiger partial charge on any atom is -0.508 e. The van der Waals surface area contributed by atoms with Crippen molar-refractivity contribution in [1.82, 2.24) is 52.8 Å². The number of hydrogen-bond acceptors (Lipinski definition) is 24. The molecule has 6 heterocycles. The summed E-state index contributed by atoms with van der Waals surface area (Å²) in [6, 6.07) is -1.99. The molecule has 4 saturated carbocycles. The number of aliphatic hydroxyl groups is 6. The van der Waals surface area contributed by atoms with Crippen LogP contribution in [0.15, 0.2) is 78.9 Å². The maximum Gasteiger partial charge on any atom is 0.410 e. The lowest BCUT2D eigenvalue weighted by atomic mass is 9.54. The van der Waals surface area contributed by atoms with Crippen LogP contribution in [0.1, 0.15) is 183 Å². The first-order valence-corrected chi connectivity index (χ1v) is 40.7. The van der Waals surface area contributed by atoms with Crippen molar-refractivity contribution in [1.29, 1.82) is 0 Å². The first-order chi connectivity index (χ1) is 56.4. The third-order valence-corrected chi connectivity index (χ3v) is 23.4. The first kappa shape index (κ1) is 88.0. The van der Waals surface area contributed by atoms with Crippen LogP contribution in [0.5, 0.6) is 46.0 Å². The Morgan fingerprint density at radius 1 is 0.630 bits per heavy atom. The van der Waals surface area contributed by atoms with E-state index in [1.54, 1.807) is 34.6 Å². The standard InChI is InChI=1S/C83H102Cl2N10O24/c1-8-9-10-11-12-13-20-86-81(113)88-59(100)34-50-73(106)90-63-44-30-56(115-54-18-15-40(28-48(54)84)67(101)65(78(111)87-50)93-74(107)51(21-36(2)3)95(7)82(114)119-83(4,5)6)72(118-80-71(105)70(104)69(103)58(35-96)117-80)57(31-44)116-55-19-16-41(29-49(55)85)68(102)66-79(112)92-64(77(110)89-61-42-23-37-22-38(25-42)26-43(61)24-37)47-32-45(97)33-53(99)60(47)46-27-39(14-17-52(46)98)62(75(108)94-66)91-76(63)109/h14-19,27-33,36-38,42-43,50-51,58,61-71,80,96-99,101-105H,8-13,20-26,34-35H2,1-7H3,(H,87,111)(H,89,110)(H,90,106)(H,91,109)(H,92,112)(H,93,107)(H,94,108)(H2,86,88,100,113)/t37?,38?,42?,43?,50-,51+,58?,61?,62+,63+,64-,65+,66-,67+,68+,69?,70?,71?,80?/m0/s1. The predicted octanol–water partition coefficient (Wildman–Crippen LogP) is 6.07. The zero-order chi connectivity index (χ0) is 85.9. The van der Waals surface area contributed by atoms with Gasteiger partial charge in [0.15, 0.2) is 11.5 Å². The van der Waals surface area contributed by atoms with E-state index in [0.717, 1.165) is 136 Å². The van der Waals surface area contributed by atoms with E-state index in [1.807, 2.05) is 0 Å². The van der Waals surface area contributed by atoms with E-state index in [0.29, 0.717) is 18.3 Å². The summed E-state index contributed by atoms with van der Waals surface area (Å²) in [5.74, 6) is -14.3. The van der Waals surface area contributed by atoms with E-state index in [1.165, 1.54) is 19.2 Å². The second kappa shape index (κ2) is 37.1. The van der Waals surface area contributed by atoms with Gasteiger partial charge in [-0.15, -0.1) is 0 Å². The number of benzene rings is 5. The lowest BCUT2D eigenvalue weighted by Crippen LogP contribution is -2.60. The molecule has 5 unspecified atom stereocenters. The van der Waals surface area contributed by atoms with Gasteiger partial charge in [0.05, 0.1) is 23.1 Å². The van der Waals surface area contributed by atoms with Gasteiger partial charge in [0.25, 0.3) is 0 Å². The molecule has 6 aliphatic heterocycles. The van der Waals surface area contributed by atoms with Crippen LogP contribution in [0.3, 0.4) is 0 Å². The monoisotopic (exact) mass is 1690 g/mol. The van der Waals surface area contributed by atoms with Gasteiger partial charge in [-0.1, -0.05) is 94.3 Å². The quantitative estimate of drug-likeness (QED) is 0.0417. The highest BCUT2D eigenvalue weighted by molar-refractivity contribution is 6.32. The molecule has 10 aliphatic rings. The fourth-order valence-electron chi connectivity index (χ4n) is 17.0. The Bertz CT molecular complexity index is 4670. The molecule has 18 N–H and O–H groups in total. The minimum absolute atomic E-state index is 0.0600. The lowest BCUT2D eigenvalue weighted by Gasteiger charge is -2.54. The summed E-state index contributed by atoms with van der Waals surface area (Å²) in [5.41, 5.74) is -3.40. The number of phenols is 3. The van der Waals surface area contributed by atoms with E-state index in [9.17, 15) is 65.1 Å². The highest BCUT2D eigenvalue weighted by Gasteiger charge is 2.51. The molecule has 15 bridgehead atoms. The van der Waals surface area contributed by atoms with Gasteiger partial charge >= 0.3 is 12.1 Å². The summed E-state index contributed by atoms with van der Waals surface area (Å²) in [6.07, 6.45) is -7.25. The zero-order valence-corrected chi connectivity index (χ0v) is 68.0. The van der Waals surface area contributed by atoms with Crippen molar-refractivity contribution in [3.8, 4) is 57.1 Å². The largest absolute Gasteiger partial charge is 0.508 e.